The number of H-pyrrole nitrogens is 1. The fourth-order valence-electron chi connectivity index (χ4n) is 2.57. The molecule has 0 aliphatic heterocycles. The minimum Gasteiger partial charge on any atom is -0.277 e. The Labute approximate surface area is 146 Å². The Morgan fingerprint density at radius 1 is 1.16 bits per heavy atom. The van der Waals surface area contributed by atoms with Crippen molar-refractivity contribution in [2.75, 3.05) is 0 Å². The summed E-state index contributed by atoms with van der Waals surface area (Å²) in [4.78, 5) is 12.2. The van der Waals surface area contributed by atoms with Crippen LogP contribution in [0.15, 0.2) is 72.0 Å². The highest BCUT2D eigenvalue weighted by Gasteiger charge is 2.12. The van der Waals surface area contributed by atoms with E-state index in [-0.39, 0.29) is 11.8 Å². The second-order valence-corrected chi connectivity index (χ2v) is 5.89. The van der Waals surface area contributed by atoms with Crippen molar-refractivity contribution >= 4 is 12.1 Å². The van der Waals surface area contributed by atoms with E-state index in [1.54, 1.807) is 12.4 Å². The SMILES string of the molecule is C[C@H](Cc1ccccc1)C(=O)N/N=C\c1cn[nH]c1-c1ccccc1. The molecule has 1 atom stereocenters. The Hall–Kier alpha value is -3.21. The fourth-order valence-corrected chi connectivity index (χ4v) is 2.57. The van der Waals surface area contributed by atoms with Crippen molar-refractivity contribution in [2.24, 2.45) is 11.0 Å². The maximum absolute atomic E-state index is 12.2. The van der Waals surface area contributed by atoms with Crippen molar-refractivity contribution in [3.05, 3.63) is 78.0 Å². The molecule has 2 aromatic carbocycles. The molecule has 5 heteroatoms. The number of aromatic nitrogens is 2. The lowest BCUT2D eigenvalue weighted by molar-refractivity contribution is -0.124. The summed E-state index contributed by atoms with van der Waals surface area (Å²) in [7, 11) is 0. The van der Waals surface area contributed by atoms with Gasteiger partial charge in [-0.3, -0.25) is 9.89 Å². The van der Waals surface area contributed by atoms with Crippen LogP contribution in [0.4, 0.5) is 0 Å². The van der Waals surface area contributed by atoms with Crippen LogP contribution >= 0.6 is 0 Å². The van der Waals surface area contributed by atoms with Crippen LogP contribution in [-0.4, -0.2) is 22.3 Å². The monoisotopic (exact) mass is 332 g/mol. The summed E-state index contributed by atoms with van der Waals surface area (Å²) in [5, 5.41) is 11.1. The van der Waals surface area contributed by atoms with Gasteiger partial charge in [-0.15, -0.1) is 0 Å². The van der Waals surface area contributed by atoms with Crippen molar-refractivity contribution < 1.29 is 4.79 Å². The Kier molecular flexibility index (Phi) is 5.36. The van der Waals surface area contributed by atoms with Gasteiger partial charge in [-0.05, 0) is 12.0 Å². The Balaban J connectivity index is 1.60. The van der Waals surface area contributed by atoms with Gasteiger partial charge in [0.2, 0.25) is 5.91 Å². The number of hydrazone groups is 1. The van der Waals surface area contributed by atoms with Crippen LogP contribution in [0.1, 0.15) is 18.1 Å². The van der Waals surface area contributed by atoms with Crippen LogP contribution in [0.3, 0.4) is 0 Å². The van der Waals surface area contributed by atoms with Gasteiger partial charge in [0, 0.05) is 17.0 Å². The molecule has 0 unspecified atom stereocenters. The van der Waals surface area contributed by atoms with Crippen molar-refractivity contribution in [3.8, 4) is 11.3 Å². The maximum atomic E-state index is 12.2. The van der Waals surface area contributed by atoms with Crippen molar-refractivity contribution in [3.63, 3.8) is 0 Å². The number of hydrogen-bond acceptors (Lipinski definition) is 3. The summed E-state index contributed by atoms with van der Waals surface area (Å²) >= 11 is 0. The first-order chi connectivity index (χ1) is 12.2. The van der Waals surface area contributed by atoms with E-state index in [1.165, 1.54) is 0 Å². The number of nitrogens with one attached hydrogen (secondary N) is 2. The summed E-state index contributed by atoms with van der Waals surface area (Å²) in [6, 6.07) is 19.8. The average molecular weight is 332 g/mol. The highest BCUT2D eigenvalue weighted by Crippen LogP contribution is 2.18. The van der Waals surface area contributed by atoms with Crippen LogP contribution in [0.2, 0.25) is 0 Å². The van der Waals surface area contributed by atoms with Crippen LogP contribution in [0, 0.1) is 5.92 Å². The summed E-state index contributed by atoms with van der Waals surface area (Å²) < 4.78 is 0. The lowest BCUT2D eigenvalue weighted by Gasteiger charge is -2.09. The number of aromatic amines is 1. The predicted molar refractivity (Wildman–Crippen MR) is 99.1 cm³/mol. The normalized spacial score (nSPS) is 12.2. The van der Waals surface area contributed by atoms with Gasteiger partial charge < -0.3 is 0 Å². The molecule has 126 valence electrons. The zero-order chi connectivity index (χ0) is 17.5. The third-order valence-corrected chi connectivity index (χ3v) is 3.94. The van der Waals surface area contributed by atoms with Gasteiger partial charge in [-0.2, -0.15) is 10.2 Å². The number of nitrogens with zero attached hydrogens (tertiary/aromatic N) is 2. The van der Waals surface area contributed by atoms with Crippen LogP contribution in [0.5, 0.6) is 0 Å². The number of carbonyl (C=O) groups excluding carboxylic acids is 1. The molecule has 0 radical (unpaired) electrons. The third-order valence-electron chi connectivity index (χ3n) is 3.94. The van der Waals surface area contributed by atoms with E-state index < -0.39 is 0 Å². The van der Waals surface area contributed by atoms with E-state index in [0.29, 0.717) is 6.42 Å². The smallest absolute Gasteiger partial charge is 0.243 e. The van der Waals surface area contributed by atoms with Gasteiger partial charge in [-0.1, -0.05) is 67.6 Å². The molecule has 3 rings (SSSR count). The van der Waals surface area contributed by atoms with Crippen molar-refractivity contribution in [1.82, 2.24) is 15.6 Å². The standard InChI is InChI=1S/C20H20N4O/c1-15(12-16-8-4-2-5-9-16)20(25)24-22-14-18-13-21-23-19(18)17-10-6-3-7-11-17/h2-11,13-15H,12H2,1H3,(H,21,23)(H,24,25)/b22-14-/t15-/m1/s1. The minimum absolute atomic E-state index is 0.107. The summed E-state index contributed by atoms with van der Waals surface area (Å²) in [5.74, 6) is -0.262. The molecule has 3 aromatic rings. The van der Waals surface area contributed by atoms with E-state index in [0.717, 1.165) is 22.4 Å². The largest absolute Gasteiger partial charge is 0.277 e. The third kappa shape index (κ3) is 4.41. The van der Waals surface area contributed by atoms with E-state index in [2.05, 4.69) is 20.7 Å². The quantitative estimate of drug-likeness (QED) is 0.536. The predicted octanol–water partition coefficient (Wildman–Crippen LogP) is 3.41. The topological polar surface area (TPSA) is 70.1 Å². The van der Waals surface area contributed by atoms with E-state index in [9.17, 15) is 4.79 Å². The average Bonchev–Trinajstić information content (AvgIpc) is 3.11. The number of rotatable bonds is 6. The molecule has 0 saturated heterocycles. The number of benzene rings is 2. The summed E-state index contributed by atoms with van der Waals surface area (Å²) in [6.45, 7) is 1.89. The lowest BCUT2D eigenvalue weighted by Crippen LogP contribution is -2.26. The van der Waals surface area contributed by atoms with Crippen LogP contribution < -0.4 is 5.43 Å². The fraction of sp³-hybridized carbons (Fsp3) is 0.150. The number of hydrogen-bond donors (Lipinski definition) is 2. The first kappa shape index (κ1) is 16.6. The molecule has 1 heterocycles. The zero-order valence-corrected chi connectivity index (χ0v) is 14.0. The minimum atomic E-state index is -0.155. The molecule has 0 bridgehead atoms. The zero-order valence-electron chi connectivity index (χ0n) is 14.0. The number of carbonyl (C=O) groups is 1. The molecule has 5 nitrogen and oxygen atoms in total. The van der Waals surface area contributed by atoms with Gasteiger partial charge in [-0.25, -0.2) is 5.43 Å². The number of amides is 1. The highest BCUT2D eigenvalue weighted by atomic mass is 16.2. The molecule has 0 saturated carbocycles. The molecule has 0 aliphatic carbocycles. The molecular formula is C20H20N4O. The van der Waals surface area contributed by atoms with Crippen molar-refractivity contribution in [2.45, 2.75) is 13.3 Å². The Morgan fingerprint density at radius 2 is 1.84 bits per heavy atom. The van der Waals surface area contributed by atoms with E-state index in [4.69, 9.17) is 0 Å². The molecule has 1 amide bonds. The maximum Gasteiger partial charge on any atom is 0.243 e. The Bertz CT molecular complexity index is 840. The summed E-state index contributed by atoms with van der Waals surface area (Å²) in [5.41, 5.74) is 6.45. The van der Waals surface area contributed by atoms with Gasteiger partial charge >= 0.3 is 0 Å². The molecule has 0 aliphatic rings. The van der Waals surface area contributed by atoms with E-state index in [1.807, 2.05) is 67.6 Å². The molecular weight excluding hydrogens is 312 g/mol. The second kappa shape index (κ2) is 8.06. The second-order valence-electron chi connectivity index (χ2n) is 5.89. The van der Waals surface area contributed by atoms with Crippen molar-refractivity contribution in [1.29, 1.82) is 0 Å². The first-order valence-corrected chi connectivity index (χ1v) is 8.19. The van der Waals surface area contributed by atoms with Gasteiger partial charge in [0.05, 0.1) is 18.1 Å². The van der Waals surface area contributed by atoms with E-state index >= 15 is 0 Å². The highest BCUT2D eigenvalue weighted by molar-refractivity contribution is 5.89. The van der Waals surface area contributed by atoms with Gasteiger partial charge in [0.25, 0.3) is 0 Å². The molecule has 0 fully saturated rings. The van der Waals surface area contributed by atoms with Crippen LogP contribution in [-0.2, 0) is 11.2 Å². The molecule has 1 aromatic heterocycles. The van der Waals surface area contributed by atoms with Gasteiger partial charge in [0.15, 0.2) is 0 Å². The van der Waals surface area contributed by atoms with Crippen LogP contribution in [0.25, 0.3) is 11.3 Å². The summed E-state index contributed by atoms with van der Waals surface area (Å²) in [6.07, 6.45) is 3.98. The molecule has 0 spiro atoms. The van der Waals surface area contributed by atoms with Gasteiger partial charge in [0.1, 0.15) is 0 Å². The first-order valence-electron chi connectivity index (χ1n) is 8.19. The molecule has 2 N–H and O–H groups in total. The molecule has 25 heavy (non-hydrogen) atoms. The Morgan fingerprint density at radius 3 is 2.56 bits per heavy atom. The lowest BCUT2D eigenvalue weighted by atomic mass is 10.0.